The van der Waals surface area contributed by atoms with Gasteiger partial charge in [0.2, 0.25) is 0 Å². The van der Waals surface area contributed by atoms with Gasteiger partial charge in [0, 0.05) is 17.8 Å². The Morgan fingerprint density at radius 1 is 1.09 bits per heavy atom. The van der Waals surface area contributed by atoms with E-state index in [2.05, 4.69) is 33.9 Å². The predicted octanol–water partition coefficient (Wildman–Crippen LogP) is 6.45. The van der Waals surface area contributed by atoms with Crippen LogP contribution in [0.2, 0.25) is 18.1 Å². The fourth-order valence-corrected chi connectivity index (χ4v) is 4.16. The molecule has 0 saturated carbocycles. The summed E-state index contributed by atoms with van der Waals surface area (Å²) in [6, 6.07) is 6.56. The predicted molar refractivity (Wildman–Crippen MR) is 122 cm³/mol. The lowest BCUT2D eigenvalue weighted by atomic mass is 9.97. The van der Waals surface area contributed by atoms with Crippen molar-refractivity contribution in [2.45, 2.75) is 71.1 Å². The highest BCUT2D eigenvalue weighted by Gasteiger charge is 2.37. The van der Waals surface area contributed by atoms with Crippen LogP contribution in [0.1, 0.15) is 51.3 Å². The molecule has 0 aliphatic carbocycles. The van der Waals surface area contributed by atoms with E-state index in [1.54, 1.807) is 32.2 Å². The van der Waals surface area contributed by atoms with Gasteiger partial charge in [-0.25, -0.2) is 0 Å². The van der Waals surface area contributed by atoms with Crippen LogP contribution >= 0.6 is 0 Å². The maximum Gasteiger partial charge on any atom is 0.416 e. The minimum atomic E-state index is -4.50. The minimum Gasteiger partial charge on any atom is -0.483 e. The van der Waals surface area contributed by atoms with E-state index in [-0.39, 0.29) is 16.2 Å². The smallest absolute Gasteiger partial charge is 0.416 e. The van der Waals surface area contributed by atoms with Crippen LogP contribution in [0.4, 0.5) is 13.2 Å². The summed E-state index contributed by atoms with van der Waals surface area (Å²) in [5.41, 5.74) is -0.597. The molecule has 0 unspecified atom stereocenters. The Morgan fingerprint density at radius 3 is 2.31 bits per heavy atom. The van der Waals surface area contributed by atoms with Gasteiger partial charge in [-0.3, -0.25) is 9.36 Å². The topological polar surface area (TPSA) is 40.5 Å². The van der Waals surface area contributed by atoms with Gasteiger partial charge < -0.3 is 9.16 Å². The van der Waals surface area contributed by atoms with E-state index >= 15 is 0 Å². The third-order valence-electron chi connectivity index (χ3n) is 6.09. The Bertz CT molecular complexity index is 1110. The van der Waals surface area contributed by atoms with Crippen LogP contribution in [0, 0.1) is 0 Å². The van der Waals surface area contributed by atoms with E-state index in [0.717, 1.165) is 17.7 Å². The molecule has 4 nitrogen and oxygen atoms in total. The second-order valence-electron chi connectivity index (χ2n) is 10.2. The normalized spacial score (nSPS) is 16.2. The number of benzene rings is 1. The summed E-state index contributed by atoms with van der Waals surface area (Å²) in [5.74, 6) is 0.303. The molecule has 1 aliphatic rings. The highest BCUT2D eigenvalue weighted by molar-refractivity contribution is 6.74. The number of pyridine rings is 1. The molecule has 0 amide bonds. The van der Waals surface area contributed by atoms with Gasteiger partial charge in [0.1, 0.15) is 11.4 Å². The van der Waals surface area contributed by atoms with Crippen molar-refractivity contribution in [1.29, 1.82) is 0 Å². The highest BCUT2D eigenvalue weighted by Crippen LogP contribution is 2.40. The Morgan fingerprint density at radius 2 is 1.75 bits per heavy atom. The molecular weight excluding hydrogens is 435 g/mol. The molecule has 2 heterocycles. The number of hydrogen-bond donors (Lipinski definition) is 0. The lowest BCUT2D eigenvalue weighted by molar-refractivity contribution is -0.137. The van der Waals surface area contributed by atoms with E-state index < -0.39 is 25.7 Å². The number of alkyl halides is 3. The summed E-state index contributed by atoms with van der Waals surface area (Å²) in [7, 11) is -1.98. The van der Waals surface area contributed by atoms with Crippen LogP contribution in [0.25, 0.3) is 5.70 Å². The summed E-state index contributed by atoms with van der Waals surface area (Å²) < 4.78 is 53.3. The van der Waals surface area contributed by atoms with Crippen LogP contribution in [-0.4, -0.2) is 18.5 Å². The quantitative estimate of drug-likeness (QED) is 0.487. The number of rotatable bonds is 4. The summed E-state index contributed by atoms with van der Waals surface area (Å²) in [4.78, 5) is 13.0. The van der Waals surface area contributed by atoms with E-state index in [1.807, 2.05) is 0 Å². The molecule has 0 saturated heterocycles. The van der Waals surface area contributed by atoms with Gasteiger partial charge in [0.15, 0.2) is 8.32 Å². The molecule has 2 aromatic rings. The van der Waals surface area contributed by atoms with Crippen molar-refractivity contribution in [3.05, 3.63) is 69.6 Å². The SMILES string of the molecule is CC1(C)C=C(n2ccc(CO[Si](C)(C)C(C)(C)C)cc2=O)c2cc(C(F)(F)F)ccc2O1. The van der Waals surface area contributed by atoms with Crippen molar-refractivity contribution in [2.75, 3.05) is 0 Å². The van der Waals surface area contributed by atoms with E-state index in [1.165, 1.54) is 16.7 Å². The van der Waals surface area contributed by atoms with Crippen molar-refractivity contribution in [2.24, 2.45) is 0 Å². The molecule has 0 bridgehead atoms. The van der Waals surface area contributed by atoms with Gasteiger partial charge in [-0.15, -0.1) is 0 Å². The van der Waals surface area contributed by atoms with Gasteiger partial charge in [0.25, 0.3) is 5.56 Å². The summed E-state index contributed by atoms with van der Waals surface area (Å²) in [6.07, 6.45) is -1.24. The highest BCUT2D eigenvalue weighted by atomic mass is 28.4. The van der Waals surface area contributed by atoms with Crippen molar-refractivity contribution in [3.63, 3.8) is 0 Å². The molecular formula is C24H30F3NO3Si. The molecule has 1 aromatic carbocycles. The van der Waals surface area contributed by atoms with Gasteiger partial charge >= 0.3 is 6.18 Å². The summed E-state index contributed by atoms with van der Waals surface area (Å²) >= 11 is 0. The number of hydrogen-bond acceptors (Lipinski definition) is 3. The molecule has 1 aliphatic heterocycles. The first kappa shape index (κ1) is 24.3. The average Bonchev–Trinajstić information content (AvgIpc) is 2.63. The van der Waals surface area contributed by atoms with Gasteiger partial charge in [-0.05, 0) is 67.9 Å². The molecule has 0 fully saturated rings. The molecule has 0 atom stereocenters. The van der Waals surface area contributed by atoms with E-state index in [0.29, 0.717) is 18.1 Å². The minimum absolute atomic E-state index is 0.0420. The van der Waals surface area contributed by atoms with Crippen LogP contribution in [0.5, 0.6) is 5.75 Å². The lowest BCUT2D eigenvalue weighted by Gasteiger charge is -2.36. The van der Waals surface area contributed by atoms with Crippen molar-refractivity contribution >= 4 is 14.0 Å². The first-order valence-electron chi connectivity index (χ1n) is 10.5. The van der Waals surface area contributed by atoms with E-state index in [9.17, 15) is 18.0 Å². The van der Waals surface area contributed by atoms with Crippen LogP contribution < -0.4 is 10.3 Å². The fourth-order valence-electron chi connectivity index (χ4n) is 3.20. The molecule has 0 spiro atoms. The number of aromatic nitrogens is 1. The fraction of sp³-hybridized carbons (Fsp3) is 0.458. The number of fused-ring (bicyclic) bond motifs is 1. The Balaban J connectivity index is 1.99. The van der Waals surface area contributed by atoms with Gasteiger partial charge in [-0.1, -0.05) is 20.8 Å². The molecule has 1 aromatic heterocycles. The molecule has 3 rings (SSSR count). The van der Waals surface area contributed by atoms with Crippen molar-refractivity contribution in [1.82, 2.24) is 4.57 Å². The Labute approximate surface area is 187 Å². The molecule has 32 heavy (non-hydrogen) atoms. The molecule has 0 radical (unpaired) electrons. The van der Waals surface area contributed by atoms with Crippen molar-refractivity contribution in [3.8, 4) is 5.75 Å². The second kappa shape index (κ2) is 7.92. The van der Waals surface area contributed by atoms with Crippen LogP contribution in [0.15, 0.2) is 47.4 Å². The second-order valence-corrected chi connectivity index (χ2v) is 15.0. The summed E-state index contributed by atoms with van der Waals surface area (Å²) in [5, 5.41) is 0.0420. The third-order valence-corrected chi connectivity index (χ3v) is 10.6. The van der Waals surface area contributed by atoms with Crippen molar-refractivity contribution < 1.29 is 22.3 Å². The maximum atomic E-state index is 13.3. The van der Waals surface area contributed by atoms with E-state index in [4.69, 9.17) is 9.16 Å². The van der Waals surface area contributed by atoms with Crippen LogP contribution in [-0.2, 0) is 17.2 Å². The average molecular weight is 466 g/mol. The Kier molecular flexibility index (Phi) is 6.02. The number of halogens is 3. The zero-order valence-electron chi connectivity index (χ0n) is 19.6. The molecule has 174 valence electrons. The number of ether oxygens (including phenoxy) is 1. The number of nitrogens with zero attached hydrogens (tertiary/aromatic N) is 1. The Hall–Kier alpha value is -2.32. The van der Waals surface area contributed by atoms with Crippen LogP contribution in [0.3, 0.4) is 0 Å². The first-order chi connectivity index (χ1) is 14.5. The monoisotopic (exact) mass is 465 g/mol. The van der Waals surface area contributed by atoms with Gasteiger partial charge in [-0.2, -0.15) is 13.2 Å². The first-order valence-corrected chi connectivity index (χ1v) is 13.4. The molecule has 0 N–H and O–H groups in total. The zero-order valence-corrected chi connectivity index (χ0v) is 20.6. The molecule has 8 heteroatoms. The van der Waals surface area contributed by atoms with Gasteiger partial charge in [0.05, 0.1) is 17.9 Å². The summed E-state index contributed by atoms with van der Waals surface area (Å²) in [6.45, 7) is 14.6. The standard InChI is InChI=1S/C24H30F3NO3Si/c1-22(2,3)32(6,7)30-15-16-10-11-28(21(29)12-16)19-14-23(4,5)31-20-9-8-17(13-18(19)20)24(25,26)27/h8-14H,15H2,1-7H3. The zero-order chi connectivity index (χ0) is 24.1. The third kappa shape index (κ3) is 5.01. The largest absolute Gasteiger partial charge is 0.483 e. The maximum absolute atomic E-state index is 13.3. The lowest BCUT2D eigenvalue weighted by Crippen LogP contribution is -2.40.